The molecule has 33 heavy (non-hydrogen) atoms. The monoisotopic (exact) mass is 469 g/mol. The van der Waals surface area contributed by atoms with Crippen molar-refractivity contribution in [1.82, 2.24) is 14.7 Å². The third kappa shape index (κ3) is 6.45. The third-order valence-electron chi connectivity index (χ3n) is 5.66. The fraction of sp³-hybridized carbons (Fsp3) is 0.500. The van der Waals surface area contributed by atoms with Crippen molar-refractivity contribution in [2.45, 2.75) is 63.5 Å². The molecule has 2 heterocycles. The number of anilines is 1. The number of pyridine rings is 1. The number of nitrogens with two attached hydrogens (primary N) is 1. The molecule has 2 aromatic heterocycles. The van der Waals surface area contributed by atoms with Crippen molar-refractivity contribution >= 4 is 23.6 Å². The Morgan fingerprint density at radius 3 is 2.58 bits per heavy atom. The molecule has 7 nitrogen and oxygen atoms in total. The van der Waals surface area contributed by atoms with Crippen LogP contribution in [0.4, 0.5) is 23.4 Å². The van der Waals surface area contributed by atoms with Crippen molar-refractivity contribution in [2.24, 2.45) is 5.73 Å². The molecule has 0 radical (unpaired) electrons. The highest BCUT2D eigenvalue weighted by Gasteiger charge is 2.25. The summed E-state index contributed by atoms with van der Waals surface area (Å²) < 4.78 is 52.6. The number of hydrogen-bond donors (Lipinski definition) is 4. The maximum atomic E-state index is 13.0. The minimum absolute atomic E-state index is 0.0671. The van der Waals surface area contributed by atoms with Gasteiger partial charge in [-0.25, -0.2) is 22.5 Å². The van der Waals surface area contributed by atoms with Crippen molar-refractivity contribution in [3.63, 3.8) is 0 Å². The van der Waals surface area contributed by atoms with Crippen LogP contribution in [0.2, 0.25) is 0 Å². The van der Waals surface area contributed by atoms with Gasteiger partial charge in [0.25, 0.3) is 12.3 Å². The Kier molecular flexibility index (Phi) is 8.29. The molecule has 0 saturated heterocycles. The first kappa shape index (κ1) is 24.5. The van der Waals surface area contributed by atoms with E-state index in [1.165, 1.54) is 12.4 Å². The van der Waals surface area contributed by atoms with Gasteiger partial charge in [0.2, 0.25) is 6.43 Å². The lowest BCUT2D eigenvalue weighted by Crippen LogP contribution is -2.64. The van der Waals surface area contributed by atoms with E-state index in [9.17, 15) is 22.4 Å². The molecule has 5 N–H and O–H groups in total. The van der Waals surface area contributed by atoms with Crippen LogP contribution in [0.3, 0.4) is 0 Å². The lowest BCUT2D eigenvalue weighted by molar-refractivity contribution is -0.413. The zero-order valence-corrected chi connectivity index (χ0v) is 18.3. The molecule has 180 valence electrons. The predicted octanol–water partition coefficient (Wildman–Crippen LogP) is 2.15. The number of amides is 1. The van der Waals surface area contributed by atoms with Gasteiger partial charge in [0.15, 0.2) is 6.21 Å². The van der Waals surface area contributed by atoms with Gasteiger partial charge in [0, 0.05) is 30.4 Å². The number of halogens is 4. The first-order valence-electron chi connectivity index (χ1n) is 10.9. The average Bonchev–Trinajstić information content (AvgIpc) is 3.23. The Hall–Kier alpha value is -3.11. The van der Waals surface area contributed by atoms with Gasteiger partial charge in [-0.1, -0.05) is 6.07 Å². The van der Waals surface area contributed by atoms with Crippen molar-refractivity contribution in [3.05, 3.63) is 41.4 Å². The molecule has 1 amide bonds. The maximum absolute atomic E-state index is 13.0. The van der Waals surface area contributed by atoms with E-state index in [1.54, 1.807) is 23.6 Å². The zero-order chi connectivity index (χ0) is 24.0. The molecule has 0 unspecified atom stereocenters. The number of aromatic nitrogens is 2. The summed E-state index contributed by atoms with van der Waals surface area (Å²) in [5.41, 5.74) is 6.34. The number of rotatable bonds is 9. The van der Waals surface area contributed by atoms with Crippen LogP contribution < -0.4 is 21.4 Å². The van der Waals surface area contributed by atoms with E-state index in [2.05, 4.69) is 20.6 Å². The van der Waals surface area contributed by atoms with Gasteiger partial charge in [-0.15, -0.1) is 0 Å². The normalized spacial score (nSPS) is 20.0. The lowest BCUT2D eigenvalue weighted by atomic mass is 9.91. The fourth-order valence-corrected chi connectivity index (χ4v) is 3.95. The number of imidazole rings is 1. The molecular weight excluding hydrogens is 440 g/mol. The minimum Gasteiger partial charge on any atom is -0.401 e. The summed E-state index contributed by atoms with van der Waals surface area (Å²) >= 11 is 0. The van der Waals surface area contributed by atoms with Crippen molar-refractivity contribution in [2.75, 3.05) is 12.4 Å². The summed E-state index contributed by atoms with van der Waals surface area (Å²) in [6, 6.07) is 5.27. The molecule has 1 saturated carbocycles. The second kappa shape index (κ2) is 11.2. The molecule has 0 bridgehead atoms. The third-order valence-corrected chi connectivity index (χ3v) is 5.66. The Balaban J connectivity index is 1.58. The van der Waals surface area contributed by atoms with Crippen LogP contribution in [0, 0.1) is 0 Å². The SMILES string of the molecule is C[NH+]=C/C(C(=O)NC1CCC(Nc2cccc3nc(C(F)F)cn23)CC1)=C(\N)CCC(F)F. The Bertz CT molecular complexity index is 1010. The van der Waals surface area contributed by atoms with Crippen molar-refractivity contribution in [3.8, 4) is 0 Å². The van der Waals surface area contributed by atoms with Crippen molar-refractivity contribution < 1.29 is 27.3 Å². The summed E-state index contributed by atoms with van der Waals surface area (Å²) in [6.07, 6.45) is 0.0788. The molecular formula is C22H29F4N6O+. The van der Waals surface area contributed by atoms with Gasteiger partial charge in [-0.05, 0) is 44.2 Å². The molecule has 0 aliphatic heterocycles. The quantitative estimate of drug-likeness (QED) is 0.257. The van der Waals surface area contributed by atoms with E-state index in [-0.39, 0.29) is 35.5 Å². The highest BCUT2D eigenvalue weighted by Crippen LogP contribution is 2.25. The van der Waals surface area contributed by atoms with E-state index in [1.807, 2.05) is 6.07 Å². The highest BCUT2D eigenvalue weighted by atomic mass is 19.3. The number of carbonyl (C=O) groups excluding carboxylic acids is 1. The highest BCUT2D eigenvalue weighted by molar-refractivity contribution is 6.11. The van der Waals surface area contributed by atoms with E-state index < -0.39 is 25.2 Å². The van der Waals surface area contributed by atoms with Crippen LogP contribution in [0.25, 0.3) is 5.65 Å². The Labute approximate surface area is 189 Å². The van der Waals surface area contributed by atoms with Gasteiger partial charge in [-0.3, -0.25) is 14.2 Å². The molecule has 1 aliphatic rings. The standard InChI is InChI=1S/C22H28F4N6O/c1-28-11-15(16(27)9-10-18(23)24)22(33)30-14-7-5-13(6-8-14)29-19-3-2-4-20-31-17(21(25)26)12-32(19)20/h2-4,11-14,18,21,29H,5-10,27H2,1H3,(H,30,33)/p+1/b16-15+,28-11?. The number of fused-ring (bicyclic) bond motifs is 1. The van der Waals surface area contributed by atoms with E-state index in [0.29, 0.717) is 24.3 Å². The lowest BCUT2D eigenvalue weighted by Gasteiger charge is -2.30. The van der Waals surface area contributed by atoms with E-state index in [4.69, 9.17) is 5.73 Å². The summed E-state index contributed by atoms with van der Waals surface area (Å²) in [5, 5.41) is 6.33. The van der Waals surface area contributed by atoms with Crippen LogP contribution in [-0.4, -0.2) is 47.1 Å². The molecule has 1 fully saturated rings. The topological polar surface area (TPSA) is 98.4 Å². The van der Waals surface area contributed by atoms with Gasteiger partial charge in [0.05, 0.1) is 0 Å². The average molecular weight is 470 g/mol. The maximum Gasteiger partial charge on any atom is 0.281 e. The minimum atomic E-state index is -2.64. The van der Waals surface area contributed by atoms with Gasteiger partial charge in [-0.2, -0.15) is 0 Å². The van der Waals surface area contributed by atoms with E-state index >= 15 is 0 Å². The van der Waals surface area contributed by atoms with Crippen LogP contribution >= 0.6 is 0 Å². The second-order valence-corrected chi connectivity index (χ2v) is 8.07. The summed E-state index contributed by atoms with van der Waals surface area (Å²) in [6.45, 7) is 0. The van der Waals surface area contributed by atoms with Gasteiger partial charge in [0.1, 0.15) is 29.8 Å². The molecule has 0 spiro atoms. The largest absolute Gasteiger partial charge is 0.401 e. The fourth-order valence-electron chi connectivity index (χ4n) is 3.95. The van der Waals surface area contributed by atoms with Crippen LogP contribution in [0.1, 0.15) is 50.6 Å². The number of nitrogens with zero attached hydrogens (tertiary/aromatic N) is 2. The predicted molar refractivity (Wildman–Crippen MR) is 117 cm³/mol. The molecule has 11 heteroatoms. The van der Waals surface area contributed by atoms with Crippen LogP contribution in [-0.2, 0) is 4.79 Å². The summed E-state index contributed by atoms with van der Waals surface area (Å²) in [7, 11) is 1.61. The van der Waals surface area contributed by atoms with Crippen LogP contribution in [0.15, 0.2) is 35.7 Å². The van der Waals surface area contributed by atoms with Gasteiger partial charge < -0.3 is 16.4 Å². The van der Waals surface area contributed by atoms with Crippen LogP contribution in [0.5, 0.6) is 0 Å². The molecule has 2 aromatic rings. The van der Waals surface area contributed by atoms with Crippen molar-refractivity contribution in [1.29, 1.82) is 0 Å². The molecule has 0 aromatic carbocycles. The Morgan fingerprint density at radius 2 is 1.94 bits per heavy atom. The first-order chi connectivity index (χ1) is 15.8. The number of hydrogen-bond acceptors (Lipinski definition) is 4. The van der Waals surface area contributed by atoms with Gasteiger partial charge >= 0.3 is 0 Å². The molecule has 3 rings (SSSR count). The number of allylic oxidation sites excluding steroid dienone is 1. The number of alkyl halides is 4. The molecule has 0 atom stereocenters. The number of carbonyl (C=O) groups is 1. The second-order valence-electron chi connectivity index (χ2n) is 8.07. The zero-order valence-electron chi connectivity index (χ0n) is 18.3. The summed E-state index contributed by atoms with van der Waals surface area (Å²) in [5.74, 6) is 0.287. The number of nitrogens with one attached hydrogen (secondary N) is 3. The smallest absolute Gasteiger partial charge is 0.281 e. The Morgan fingerprint density at radius 1 is 1.24 bits per heavy atom. The van der Waals surface area contributed by atoms with E-state index in [0.717, 1.165) is 12.8 Å². The first-order valence-corrected chi connectivity index (χ1v) is 10.9. The molecule has 1 aliphatic carbocycles. The summed E-state index contributed by atoms with van der Waals surface area (Å²) in [4.78, 5) is 19.3.